The second-order valence-electron chi connectivity index (χ2n) is 5.89. The molecule has 0 unspecified atom stereocenters. The van der Waals surface area contributed by atoms with E-state index >= 15 is 0 Å². The van der Waals surface area contributed by atoms with Crippen molar-refractivity contribution in [2.45, 2.75) is 70.0 Å². The van der Waals surface area contributed by atoms with Crippen LogP contribution in [0.4, 0.5) is 0 Å². The van der Waals surface area contributed by atoms with Gasteiger partial charge in [0, 0.05) is 0 Å². The first-order valence-corrected chi connectivity index (χ1v) is 6.29. The van der Waals surface area contributed by atoms with Gasteiger partial charge < -0.3 is 28.8 Å². The molecule has 0 radical (unpaired) electrons. The Morgan fingerprint density at radius 3 is 2.06 bits per heavy atom. The SMILES string of the molecule is CC1(C)O[C@@H]2O[C@H](CO)[C@H]3OC(C)(C)O[C@H]3[C@@H]2O1. The molecule has 6 heteroatoms. The largest absolute Gasteiger partial charge is 0.394 e. The molecular formula is C12H20O6. The summed E-state index contributed by atoms with van der Waals surface area (Å²) < 4.78 is 28.9. The smallest absolute Gasteiger partial charge is 0.190 e. The summed E-state index contributed by atoms with van der Waals surface area (Å²) in [5.74, 6) is -1.41. The third-order valence-corrected chi connectivity index (χ3v) is 3.43. The minimum atomic E-state index is -0.708. The Bertz CT molecular complexity index is 341. The Hall–Kier alpha value is -0.240. The summed E-state index contributed by atoms with van der Waals surface area (Å²) in [6.07, 6.45) is -1.90. The van der Waals surface area contributed by atoms with E-state index in [4.69, 9.17) is 23.7 Å². The van der Waals surface area contributed by atoms with E-state index in [2.05, 4.69) is 0 Å². The third-order valence-electron chi connectivity index (χ3n) is 3.43. The molecule has 1 N–H and O–H groups in total. The number of aliphatic hydroxyl groups is 1. The van der Waals surface area contributed by atoms with Gasteiger partial charge in [-0.3, -0.25) is 0 Å². The highest BCUT2D eigenvalue weighted by Crippen LogP contribution is 2.43. The van der Waals surface area contributed by atoms with Crippen molar-refractivity contribution in [3.05, 3.63) is 0 Å². The van der Waals surface area contributed by atoms with Crippen LogP contribution in [0.15, 0.2) is 0 Å². The average molecular weight is 260 g/mol. The molecule has 3 fully saturated rings. The molecule has 0 aromatic heterocycles. The van der Waals surface area contributed by atoms with Gasteiger partial charge in [-0.15, -0.1) is 0 Å². The molecule has 3 heterocycles. The highest BCUT2D eigenvalue weighted by Gasteiger charge is 2.60. The first-order chi connectivity index (χ1) is 8.31. The van der Waals surface area contributed by atoms with Gasteiger partial charge in [-0.25, -0.2) is 0 Å². The lowest BCUT2D eigenvalue weighted by Gasteiger charge is -2.36. The van der Waals surface area contributed by atoms with Gasteiger partial charge in [0.15, 0.2) is 17.9 Å². The van der Waals surface area contributed by atoms with Crippen LogP contribution >= 0.6 is 0 Å². The van der Waals surface area contributed by atoms with Crippen molar-refractivity contribution in [2.24, 2.45) is 0 Å². The summed E-state index contributed by atoms with van der Waals surface area (Å²) in [5, 5.41) is 9.40. The number of ether oxygens (including phenoxy) is 5. The highest BCUT2D eigenvalue weighted by molar-refractivity contribution is 4.99. The van der Waals surface area contributed by atoms with E-state index in [1.54, 1.807) is 0 Å². The number of hydrogen-bond acceptors (Lipinski definition) is 6. The van der Waals surface area contributed by atoms with Gasteiger partial charge in [-0.05, 0) is 27.7 Å². The van der Waals surface area contributed by atoms with E-state index in [0.717, 1.165) is 0 Å². The number of hydrogen-bond donors (Lipinski definition) is 1. The second kappa shape index (κ2) is 3.88. The van der Waals surface area contributed by atoms with Gasteiger partial charge in [0.05, 0.1) is 6.61 Å². The minimum Gasteiger partial charge on any atom is -0.394 e. The van der Waals surface area contributed by atoms with E-state index < -0.39 is 24.0 Å². The maximum atomic E-state index is 9.40. The molecule has 0 aliphatic carbocycles. The molecule has 3 saturated heterocycles. The summed E-state index contributed by atoms with van der Waals surface area (Å²) in [7, 11) is 0. The van der Waals surface area contributed by atoms with Crippen LogP contribution < -0.4 is 0 Å². The average Bonchev–Trinajstić information content (AvgIpc) is 2.71. The van der Waals surface area contributed by atoms with Crippen molar-refractivity contribution in [3.8, 4) is 0 Å². The third kappa shape index (κ3) is 1.97. The van der Waals surface area contributed by atoms with Crippen molar-refractivity contribution in [1.29, 1.82) is 0 Å². The molecule has 18 heavy (non-hydrogen) atoms. The maximum Gasteiger partial charge on any atom is 0.190 e. The van der Waals surface area contributed by atoms with E-state index in [1.807, 2.05) is 27.7 Å². The quantitative estimate of drug-likeness (QED) is 0.735. The predicted octanol–water partition coefficient (Wildman–Crippen LogP) is 0.375. The molecule has 3 rings (SSSR count). The molecule has 0 saturated carbocycles. The fourth-order valence-corrected chi connectivity index (χ4v) is 2.84. The monoisotopic (exact) mass is 260 g/mol. The number of fused-ring (bicyclic) bond motifs is 3. The van der Waals surface area contributed by atoms with Crippen molar-refractivity contribution < 1.29 is 28.8 Å². The predicted molar refractivity (Wildman–Crippen MR) is 59.6 cm³/mol. The molecular weight excluding hydrogens is 240 g/mol. The van der Waals surface area contributed by atoms with Crippen LogP contribution in [0.3, 0.4) is 0 Å². The fraction of sp³-hybridized carbons (Fsp3) is 1.00. The van der Waals surface area contributed by atoms with Crippen LogP contribution in [0.25, 0.3) is 0 Å². The van der Waals surface area contributed by atoms with Gasteiger partial charge in [-0.1, -0.05) is 0 Å². The Morgan fingerprint density at radius 1 is 0.833 bits per heavy atom. The van der Waals surface area contributed by atoms with Gasteiger partial charge in [-0.2, -0.15) is 0 Å². The molecule has 3 aliphatic heterocycles. The summed E-state index contributed by atoms with van der Waals surface area (Å²) in [4.78, 5) is 0. The van der Waals surface area contributed by atoms with Gasteiger partial charge >= 0.3 is 0 Å². The zero-order valence-electron chi connectivity index (χ0n) is 11.1. The lowest BCUT2D eigenvalue weighted by atomic mass is 9.99. The summed E-state index contributed by atoms with van der Waals surface area (Å²) in [6.45, 7) is 7.22. The minimum absolute atomic E-state index is 0.131. The van der Waals surface area contributed by atoms with E-state index in [9.17, 15) is 5.11 Å². The molecule has 0 aromatic carbocycles. The van der Waals surface area contributed by atoms with Gasteiger partial charge in [0.2, 0.25) is 0 Å². The van der Waals surface area contributed by atoms with Crippen LogP contribution in [-0.4, -0.2) is 54.0 Å². The molecule has 3 aliphatic rings. The Morgan fingerprint density at radius 2 is 1.39 bits per heavy atom. The fourth-order valence-electron chi connectivity index (χ4n) is 2.84. The second-order valence-corrected chi connectivity index (χ2v) is 5.89. The van der Waals surface area contributed by atoms with Crippen molar-refractivity contribution in [2.75, 3.05) is 6.61 Å². The summed E-state index contributed by atoms with van der Waals surface area (Å²) >= 11 is 0. The summed E-state index contributed by atoms with van der Waals surface area (Å²) in [5.41, 5.74) is 0. The van der Waals surface area contributed by atoms with E-state index in [0.29, 0.717) is 0 Å². The van der Waals surface area contributed by atoms with Crippen LogP contribution in [0.2, 0.25) is 0 Å². The molecule has 0 aromatic rings. The normalized spacial score (nSPS) is 48.8. The molecule has 6 nitrogen and oxygen atoms in total. The first-order valence-electron chi connectivity index (χ1n) is 6.29. The van der Waals surface area contributed by atoms with Crippen LogP contribution in [0, 0.1) is 0 Å². The molecule has 0 bridgehead atoms. The van der Waals surface area contributed by atoms with E-state index in [1.165, 1.54) is 0 Å². The van der Waals surface area contributed by atoms with Crippen molar-refractivity contribution >= 4 is 0 Å². The molecule has 0 amide bonds. The lowest BCUT2D eigenvalue weighted by Crippen LogP contribution is -2.56. The molecule has 104 valence electrons. The van der Waals surface area contributed by atoms with Crippen molar-refractivity contribution in [1.82, 2.24) is 0 Å². The van der Waals surface area contributed by atoms with E-state index in [-0.39, 0.29) is 24.9 Å². The Balaban J connectivity index is 1.86. The first kappa shape index (κ1) is 12.8. The summed E-state index contributed by atoms with van der Waals surface area (Å²) in [6, 6.07) is 0. The van der Waals surface area contributed by atoms with Crippen LogP contribution in [0.1, 0.15) is 27.7 Å². The standard InChI is InChI=1S/C12H20O6/c1-11(2)15-7-6(5-13)14-10-9(8(7)16-11)17-12(3,4)18-10/h6-10,13H,5H2,1-4H3/t6-,7-,8-,9+,10+/m1/s1. The van der Waals surface area contributed by atoms with Gasteiger partial charge in [0.1, 0.15) is 24.4 Å². The highest BCUT2D eigenvalue weighted by atomic mass is 16.9. The lowest BCUT2D eigenvalue weighted by molar-refractivity contribution is -0.240. The number of aliphatic hydroxyl groups excluding tert-OH is 1. The van der Waals surface area contributed by atoms with Crippen molar-refractivity contribution in [3.63, 3.8) is 0 Å². The van der Waals surface area contributed by atoms with Gasteiger partial charge in [0.25, 0.3) is 0 Å². The Labute approximate surface area is 106 Å². The zero-order valence-corrected chi connectivity index (χ0v) is 11.1. The molecule has 5 atom stereocenters. The topological polar surface area (TPSA) is 66.4 Å². The number of rotatable bonds is 1. The zero-order chi connectivity index (χ0) is 13.1. The maximum absolute atomic E-state index is 9.40. The van der Waals surface area contributed by atoms with Crippen LogP contribution in [-0.2, 0) is 23.7 Å². The Kier molecular flexibility index (Phi) is 2.75. The molecule has 0 spiro atoms. The van der Waals surface area contributed by atoms with Crippen LogP contribution in [0.5, 0.6) is 0 Å².